The maximum absolute atomic E-state index is 6.02. The number of furan rings is 1. The van der Waals surface area contributed by atoms with Gasteiger partial charge in [-0.05, 0) is 49.5 Å². The molecule has 0 fully saturated rings. The Hall–Kier alpha value is -1.74. The summed E-state index contributed by atoms with van der Waals surface area (Å²) in [5, 5.41) is 3.09. The predicted octanol–water partition coefficient (Wildman–Crippen LogP) is 3.72. The second kappa shape index (κ2) is 11.0. The van der Waals surface area contributed by atoms with Crippen LogP contribution in [0.15, 0.2) is 52.1 Å². The van der Waals surface area contributed by atoms with Crippen molar-refractivity contribution in [2.24, 2.45) is 10.7 Å². The average Bonchev–Trinajstić information content (AvgIpc) is 3.13. The van der Waals surface area contributed by atoms with Crippen molar-refractivity contribution < 1.29 is 9.15 Å². The van der Waals surface area contributed by atoms with E-state index in [1.54, 1.807) is 13.4 Å². The zero-order chi connectivity index (χ0) is 17.4. The highest BCUT2D eigenvalue weighted by molar-refractivity contribution is 14.0. The molecule has 2 rings (SSSR count). The molecule has 0 aliphatic carbocycles. The highest BCUT2D eigenvalue weighted by Crippen LogP contribution is 2.21. The fourth-order valence-electron chi connectivity index (χ4n) is 2.58. The number of halogens is 1. The molecule has 1 atom stereocenters. The summed E-state index contributed by atoms with van der Waals surface area (Å²) in [5.74, 6) is 2.08. The molecule has 1 aromatic carbocycles. The number of methoxy groups -OCH3 is 1. The Labute approximate surface area is 166 Å². The van der Waals surface area contributed by atoms with Crippen molar-refractivity contribution in [1.82, 2.24) is 4.90 Å². The number of hydrogen-bond acceptors (Lipinski definition) is 4. The molecule has 1 unspecified atom stereocenters. The van der Waals surface area contributed by atoms with Crippen LogP contribution in [-0.2, 0) is 0 Å². The number of guanidine groups is 1. The number of aliphatic imine (C=N–C) groups is 1. The van der Waals surface area contributed by atoms with Crippen LogP contribution in [-0.4, -0.2) is 37.6 Å². The number of nitrogens with two attached hydrogens (primary N) is 1. The molecule has 3 N–H and O–H groups in total. The number of nitrogens with zero attached hydrogens (tertiary/aromatic N) is 2. The Balaban J connectivity index is 0.00000312. The third kappa shape index (κ3) is 6.24. The minimum Gasteiger partial charge on any atom is -0.497 e. The van der Waals surface area contributed by atoms with Crippen LogP contribution < -0.4 is 15.8 Å². The number of rotatable bonds is 8. The first-order chi connectivity index (χ1) is 11.7. The summed E-state index contributed by atoms with van der Waals surface area (Å²) in [6.45, 7) is 6.63. The van der Waals surface area contributed by atoms with Crippen LogP contribution in [0.25, 0.3) is 0 Å². The lowest BCUT2D eigenvalue weighted by molar-refractivity contribution is 0.198. The lowest BCUT2D eigenvalue weighted by Gasteiger charge is -2.26. The summed E-state index contributed by atoms with van der Waals surface area (Å²) in [6, 6.07) is 11.5. The molecule has 2 aromatic rings. The predicted molar refractivity (Wildman–Crippen MR) is 113 cm³/mol. The molecule has 0 saturated carbocycles. The number of anilines is 1. The van der Waals surface area contributed by atoms with Gasteiger partial charge in [0.25, 0.3) is 0 Å². The zero-order valence-electron chi connectivity index (χ0n) is 14.9. The molecule has 1 aromatic heterocycles. The van der Waals surface area contributed by atoms with Gasteiger partial charge in [-0.1, -0.05) is 13.8 Å². The van der Waals surface area contributed by atoms with E-state index in [1.807, 2.05) is 36.4 Å². The minimum absolute atomic E-state index is 0. The standard InChI is InChI=1S/C18H26N4O2.HI/c1-4-22(5-2)16(17-7-6-12-24-17)13-20-18(19)21-14-8-10-15(23-3)11-9-14;/h6-12,16H,4-5,13H2,1-3H3,(H3,19,20,21);1H. The summed E-state index contributed by atoms with van der Waals surface area (Å²) >= 11 is 0. The van der Waals surface area contributed by atoms with Gasteiger partial charge in [0.15, 0.2) is 5.96 Å². The normalized spacial score (nSPS) is 12.6. The van der Waals surface area contributed by atoms with Crippen molar-refractivity contribution in [3.8, 4) is 5.75 Å². The summed E-state index contributed by atoms with van der Waals surface area (Å²) in [5.41, 5.74) is 6.89. The molecular weight excluding hydrogens is 431 g/mol. The fraction of sp³-hybridized carbons (Fsp3) is 0.389. The number of hydrogen-bond donors (Lipinski definition) is 2. The van der Waals surface area contributed by atoms with Gasteiger partial charge in [-0.2, -0.15) is 0 Å². The summed E-state index contributed by atoms with van der Waals surface area (Å²) in [4.78, 5) is 6.78. The molecule has 0 saturated heterocycles. The van der Waals surface area contributed by atoms with Gasteiger partial charge < -0.3 is 20.2 Å². The molecule has 7 heteroatoms. The fourth-order valence-corrected chi connectivity index (χ4v) is 2.58. The molecule has 138 valence electrons. The Morgan fingerprint density at radius 2 is 1.92 bits per heavy atom. The van der Waals surface area contributed by atoms with Crippen LogP contribution in [0, 0.1) is 0 Å². The highest BCUT2D eigenvalue weighted by atomic mass is 127. The zero-order valence-corrected chi connectivity index (χ0v) is 17.3. The molecule has 0 amide bonds. The molecule has 0 aliphatic heterocycles. The summed E-state index contributed by atoms with van der Waals surface area (Å²) in [6.07, 6.45) is 1.69. The van der Waals surface area contributed by atoms with Crippen LogP contribution in [0.3, 0.4) is 0 Å². The van der Waals surface area contributed by atoms with Gasteiger partial charge in [0.1, 0.15) is 11.5 Å². The van der Waals surface area contributed by atoms with Gasteiger partial charge in [0.2, 0.25) is 0 Å². The average molecular weight is 458 g/mol. The molecule has 1 heterocycles. The van der Waals surface area contributed by atoms with Gasteiger partial charge in [0.05, 0.1) is 26.0 Å². The SMILES string of the molecule is CCN(CC)C(CN=C(N)Nc1ccc(OC)cc1)c1ccco1.I. The minimum atomic E-state index is 0. The number of benzene rings is 1. The summed E-state index contributed by atoms with van der Waals surface area (Å²) < 4.78 is 10.7. The van der Waals surface area contributed by atoms with Crippen LogP contribution in [0.5, 0.6) is 5.75 Å². The van der Waals surface area contributed by atoms with E-state index in [4.69, 9.17) is 14.9 Å². The molecule has 0 bridgehead atoms. The third-order valence-corrected chi connectivity index (χ3v) is 3.92. The molecule has 0 spiro atoms. The van der Waals surface area contributed by atoms with Crippen LogP contribution >= 0.6 is 24.0 Å². The molecule has 6 nitrogen and oxygen atoms in total. The Bertz CT molecular complexity index is 625. The van der Waals surface area contributed by atoms with E-state index in [0.717, 1.165) is 30.3 Å². The monoisotopic (exact) mass is 458 g/mol. The van der Waals surface area contributed by atoms with Gasteiger partial charge in [-0.25, -0.2) is 0 Å². The van der Waals surface area contributed by atoms with Gasteiger partial charge >= 0.3 is 0 Å². The van der Waals surface area contributed by atoms with E-state index in [1.165, 1.54) is 0 Å². The topological polar surface area (TPSA) is 76.0 Å². The first-order valence-corrected chi connectivity index (χ1v) is 8.16. The largest absolute Gasteiger partial charge is 0.497 e. The van der Waals surface area contributed by atoms with Crippen LogP contribution in [0.2, 0.25) is 0 Å². The quantitative estimate of drug-likeness (QED) is 0.358. The van der Waals surface area contributed by atoms with Crippen molar-refractivity contribution in [1.29, 1.82) is 0 Å². The van der Waals surface area contributed by atoms with Crippen LogP contribution in [0.1, 0.15) is 25.6 Å². The summed E-state index contributed by atoms with van der Waals surface area (Å²) in [7, 11) is 1.64. The third-order valence-electron chi connectivity index (χ3n) is 3.92. The second-order valence-electron chi connectivity index (χ2n) is 5.33. The van der Waals surface area contributed by atoms with Crippen molar-refractivity contribution in [3.05, 3.63) is 48.4 Å². The second-order valence-corrected chi connectivity index (χ2v) is 5.33. The lowest BCUT2D eigenvalue weighted by Crippen LogP contribution is -2.31. The van der Waals surface area contributed by atoms with Gasteiger partial charge in [-0.15, -0.1) is 24.0 Å². The van der Waals surface area contributed by atoms with Crippen molar-refractivity contribution >= 4 is 35.6 Å². The Kier molecular flexibility index (Phi) is 9.36. The first kappa shape index (κ1) is 21.3. The maximum atomic E-state index is 6.02. The van der Waals surface area contributed by atoms with E-state index in [2.05, 4.69) is 29.1 Å². The van der Waals surface area contributed by atoms with E-state index >= 15 is 0 Å². The first-order valence-electron chi connectivity index (χ1n) is 8.16. The number of ether oxygens (including phenoxy) is 1. The van der Waals surface area contributed by atoms with Gasteiger partial charge in [-0.3, -0.25) is 9.89 Å². The van der Waals surface area contributed by atoms with Crippen molar-refractivity contribution in [2.75, 3.05) is 32.1 Å². The van der Waals surface area contributed by atoms with Crippen molar-refractivity contribution in [3.63, 3.8) is 0 Å². The highest BCUT2D eigenvalue weighted by Gasteiger charge is 2.20. The smallest absolute Gasteiger partial charge is 0.193 e. The van der Waals surface area contributed by atoms with E-state index in [-0.39, 0.29) is 30.0 Å². The molecule has 0 radical (unpaired) electrons. The Morgan fingerprint density at radius 3 is 2.44 bits per heavy atom. The lowest BCUT2D eigenvalue weighted by atomic mass is 10.2. The maximum Gasteiger partial charge on any atom is 0.193 e. The molecular formula is C18H27IN4O2. The van der Waals surface area contributed by atoms with E-state index in [0.29, 0.717) is 12.5 Å². The van der Waals surface area contributed by atoms with E-state index < -0.39 is 0 Å². The van der Waals surface area contributed by atoms with E-state index in [9.17, 15) is 0 Å². The Morgan fingerprint density at radius 1 is 1.24 bits per heavy atom. The van der Waals surface area contributed by atoms with Gasteiger partial charge in [0, 0.05) is 5.69 Å². The molecule has 0 aliphatic rings. The number of likely N-dealkylation sites (N-methyl/N-ethyl adjacent to an activating group) is 1. The van der Waals surface area contributed by atoms with Crippen molar-refractivity contribution in [2.45, 2.75) is 19.9 Å². The van der Waals surface area contributed by atoms with Crippen LogP contribution in [0.4, 0.5) is 5.69 Å². The molecule has 25 heavy (non-hydrogen) atoms. The number of nitrogens with one attached hydrogen (secondary N) is 1.